The lowest BCUT2D eigenvalue weighted by atomic mass is 10.1. The van der Waals surface area contributed by atoms with E-state index in [1.165, 1.54) is 0 Å². The molecule has 0 N–H and O–H groups in total. The van der Waals surface area contributed by atoms with Crippen LogP contribution in [0.5, 0.6) is 0 Å². The average Bonchev–Trinajstić information content (AvgIpc) is 2.77. The van der Waals surface area contributed by atoms with Crippen LogP contribution < -0.4 is 0 Å². The molecule has 0 spiro atoms. The summed E-state index contributed by atoms with van der Waals surface area (Å²) in [5.41, 5.74) is 0. The SMILES string of the molecule is CC1(C)OC2CSC([C@H]3COC(C)(C)O3)C2O1. The second kappa shape index (κ2) is 3.84. The van der Waals surface area contributed by atoms with Crippen LogP contribution >= 0.6 is 11.8 Å². The van der Waals surface area contributed by atoms with E-state index in [4.69, 9.17) is 18.9 Å². The van der Waals surface area contributed by atoms with Gasteiger partial charge in [-0.1, -0.05) is 0 Å². The largest absolute Gasteiger partial charge is 0.348 e. The van der Waals surface area contributed by atoms with Crippen LogP contribution in [0.2, 0.25) is 0 Å². The zero-order valence-electron chi connectivity index (χ0n) is 10.8. The Labute approximate surface area is 106 Å². The van der Waals surface area contributed by atoms with Crippen LogP contribution in [0.25, 0.3) is 0 Å². The minimum Gasteiger partial charge on any atom is -0.348 e. The van der Waals surface area contributed by atoms with Gasteiger partial charge in [0, 0.05) is 5.75 Å². The maximum absolute atomic E-state index is 5.99. The fourth-order valence-electron chi connectivity index (χ4n) is 2.77. The van der Waals surface area contributed by atoms with E-state index in [0.717, 1.165) is 5.75 Å². The van der Waals surface area contributed by atoms with E-state index in [1.54, 1.807) is 0 Å². The van der Waals surface area contributed by atoms with Crippen LogP contribution in [0.1, 0.15) is 27.7 Å². The van der Waals surface area contributed by atoms with E-state index in [9.17, 15) is 0 Å². The van der Waals surface area contributed by atoms with Gasteiger partial charge in [-0.05, 0) is 27.7 Å². The van der Waals surface area contributed by atoms with Crippen molar-refractivity contribution >= 4 is 11.8 Å². The summed E-state index contributed by atoms with van der Waals surface area (Å²) >= 11 is 1.88. The first-order valence-electron chi connectivity index (χ1n) is 6.15. The van der Waals surface area contributed by atoms with Crippen LogP contribution in [-0.2, 0) is 18.9 Å². The van der Waals surface area contributed by atoms with Gasteiger partial charge < -0.3 is 18.9 Å². The first kappa shape index (κ1) is 12.2. The molecule has 0 amide bonds. The highest BCUT2D eigenvalue weighted by atomic mass is 32.2. The van der Waals surface area contributed by atoms with Gasteiger partial charge in [0.1, 0.15) is 6.10 Å². The van der Waals surface area contributed by atoms with Gasteiger partial charge >= 0.3 is 0 Å². The normalized spacial score (nSPS) is 47.3. The fraction of sp³-hybridized carbons (Fsp3) is 1.00. The van der Waals surface area contributed by atoms with Gasteiger partial charge in [-0.15, -0.1) is 0 Å². The van der Waals surface area contributed by atoms with E-state index >= 15 is 0 Å². The topological polar surface area (TPSA) is 36.9 Å². The van der Waals surface area contributed by atoms with Crippen molar-refractivity contribution in [2.24, 2.45) is 0 Å². The number of rotatable bonds is 1. The number of ether oxygens (including phenoxy) is 4. The Balaban J connectivity index is 1.70. The van der Waals surface area contributed by atoms with Crippen LogP contribution in [0.4, 0.5) is 0 Å². The second-order valence-electron chi connectivity index (χ2n) is 5.80. The lowest BCUT2D eigenvalue weighted by Crippen LogP contribution is -2.38. The highest BCUT2D eigenvalue weighted by molar-refractivity contribution is 8.00. The van der Waals surface area contributed by atoms with Gasteiger partial charge in [0.25, 0.3) is 0 Å². The van der Waals surface area contributed by atoms with Crippen molar-refractivity contribution in [2.45, 2.75) is 62.8 Å². The Hall–Kier alpha value is 0.190. The Morgan fingerprint density at radius 3 is 2.29 bits per heavy atom. The molecule has 3 heterocycles. The Morgan fingerprint density at radius 2 is 1.65 bits per heavy atom. The molecule has 0 saturated carbocycles. The van der Waals surface area contributed by atoms with Gasteiger partial charge in [-0.2, -0.15) is 11.8 Å². The van der Waals surface area contributed by atoms with Crippen molar-refractivity contribution in [1.82, 2.24) is 0 Å². The molecule has 3 saturated heterocycles. The smallest absolute Gasteiger partial charge is 0.163 e. The molecule has 0 aromatic heterocycles. The summed E-state index contributed by atoms with van der Waals surface area (Å²) in [6.45, 7) is 8.52. The van der Waals surface area contributed by atoms with E-state index < -0.39 is 11.6 Å². The van der Waals surface area contributed by atoms with Crippen molar-refractivity contribution in [1.29, 1.82) is 0 Å². The van der Waals surface area contributed by atoms with Crippen LogP contribution in [-0.4, -0.2) is 47.5 Å². The molecule has 4 nitrogen and oxygen atoms in total. The van der Waals surface area contributed by atoms with Gasteiger partial charge in [0.05, 0.1) is 24.1 Å². The number of fused-ring (bicyclic) bond motifs is 1. The molecule has 98 valence electrons. The standard InChI is InChI=1S/C12H20O4S/c1-11(2)13-5-7(14-11)10-9-8(6-17-10)15-12(3,4)16-9/h7-10H,5-6H2,1-4H3/t7-,8?,9?,10?/m1/s1. The van der Waals surface area contributed by atoms with Crippen molar-refractivity contribution < 1.29 is 18.9 Å². The van der Waals surface area contributed by atoms with Crippen LogP contribution in [0.15, 0.2) is 0 Å². The maximum atomic E-state index is 5.99. The number of hydrogen-bond acceptors (Lipinski definition) is 5. The highest BCUT2D eigenvalue weighted by Crippen LogP contribution is 2.44. The summed E-state index contributed by atoms with van der Waals surface area (Å²) in [5.74, 6) is 0.0703. The molecule has 3 aliphatic rings. The molecule has 3 aliphatic heterocycles. The first-order chi connectivity index (χ1) is 7.86. The van der Waals surface area contributed by atoms with Gasteiger partial charge in [-0.3, -0.25) is 0 Å². The Kier molecular flexibility index (Phi) is 2.76. The Bertz CT molecular complexity index is 318. The minimum absolute atomic E-state index is 0.113. The first-order valence-corrected chi connectivity index (χ1v) is 7.20. The van der Waals surface area contributed by atoms with Crippen molar-refractivity contribution in [2.75, 3.05) is 12.4 Å². The van der Waals surface area contributed by atoms with Gasteiger partial charge in [0.2, 0.25) is 0 Å². The number of hydrogen-bond donors (Lipinski definition) is 0. The predicted molar refractivity (Wildman–Crippen MR) is 65.0 cm³/mol. The van der Waals surface area contributed by atoms with Gasteiger partial charge in [0.15, 0.2) is 11.6 Å². The molecule has 3 fully saturated rings. The molecule has 0 aromatic rings. The molecule has 3 rings (SSSR count). The van der Waals surface area contributed by atoms with E-state index in [0.29, 0.717) is 11.9 Å². The summed E-state index contributed by atoms with van der Waals surface area (Å²) in [4.78, 5) is 0. The predicted octanol–water partition coefficient (Wildman–Crippen LogP) is 1.77. The average molecular weight is 260 g/mol. The van der Waals surface area contributed by atoms with Crippen LogP contribution in [0.3, 0.4) is 0 Å². The van der Waals surface area contributed by atoms with Crippen LogP contribution in [0, 0.1) is 0 Å². The highest BCUT2D eigenvalue weighted by Gasteiger charge is 2.54. The summed E-state index contributed by atoms with van der Waals surface area (Å²) in [7, 11) is 0. The third-order valence-corrected chi connectivity index (χ3v) is 4.87. The zero-order chi connectivity index (χ0) is 12.3. The fourth-order valence-corrected chi connectivity index (χ4v) is 4.21. The van der Waals surface area contributed by atoms with Crippen molar-refractivity contribution in [3.63, 3.8) is 0 Å². The summed E-state index contributed by atoms with van der Waals surface area (Å²) < 4.78 is 23.4. The monoisotopic (exact) mass is 260 g/mol. The maximum Gasteiger partial charge on any atom is 0.163 e. The zero-order valence-corrected chi connectivity index (χ0v) is 11.6. The molecule has 0 bridgehead atoms. The van der Waals surface area contributed by atoms with E-state index in [2.05, 4.69) is 0 Å². The second-order valence-corrected chi connectivity index (χ2v) is 7.01. The molecule has 17 heavy (non-hydrogen) atoms. The molecule has 5 heteroatoms. The minimum atomic E-state index is -0.460. The number of thioether (sulfide) groups is 1. The Morgan fingerprint density at radius 1 is 0.941 bits per heavy atom. The summed E-state index contributed by atoms with van der Waals surface area (Å²) in [5, 5.41) is 0.323. The molecular weight excluding hydrogens is 240 g/mol. The van der Waals surface area contributed by atoms with Crippen molar-refractivity contribution in [3.05, 3.63) is 0 Å². The molecule has 0 aliphatic carbocycles. The van der Waals surface area contributed by atoms with E-state index in [-0.39, 0.29) is 18.3 Å². The third-order valence-electron chi connectivity index (χ3n) is 3.40. The summed E-state index contributed by atoms with van der Waals surface area (Å²) in [6, 6.07) is 0. The third kappa shape index (κ3) is 2.24. The molecular formula is C12H20O4S. The lowest BCUT2D eigenvalue weighted by molar-refractivity contribution is -0.154. The lowest BCUT2D eigenvalue weighted by Gasteiger charge is -2.25. The molecule has 0 radical (unpaired) electrons. The van der Waals surface area contributed by atoms with Gasteiger partial charge in [-0.25, -0.2) is 0 Å². The molecule has 0 aromatic carbocycles. The molecule has 4 atom stereocenters. The van der Waals surface area contributed by atoms with E-state index in [1.807, 2.05) is 39.5 Å². The van der Waals surface area contributed by atoms with Crippen molar-refractivity contribution in [3.8, 4) is 0 Å². The quantitative estimate of drug-likeness (QED) is 0.718. The summed E-state index contributed by atoms with van der Waals surface area (Å²) in [6.07, 6.45) is 0.451. The molecule has 3 unspecified atom stereocenters.